The molecular weight excluding hydrogens is 526 g/mol. The number of fused-ring (bicyclic) bond motifs is 2. The van der Waals surface area contributed by atoms with E-state index < -0.39 is 23.8 Å². The molecule has 13 nitrogen and oxygen atoms in total. The van der Waals surface area contributed by atoms with Crippen LogP contribution in [0.1, 0.15) is 59.1 Å². The predicted octanol–water partition coefficient (Wildman–Crippen LogP) is 1.87. The van der Waals surface area contributed by atoms with E-state index in [9.17, 15) is 19.6 Å². The van der Waals surface area contributed by atoms with Crippen molar-refractivity contribution in [3.63, 3.8) is 0 Å². The van der Waals surface area contributed by atoms with Crippen LogP contribution in [0.3, 0.4) is 0 Å². The highest BCUT2D eigenvalue weighted by Gasteiger charge is 2.52. The second kappa shape index (κ2) is 11.1. The molecule has 2 N–H and O–H groups in total. The summed E-state index contributed by atoms with van der Waals surface area (Å²) in [5.41, 5.74) is 1.09. The lowest BCUT2D eigenvalue weighted by atomic mass is 10.0. The predicted molar refractivity (Wildman–Crippen MR) is 147 cm³/mol. The first kappa shape index (κ1) is 28.5. The summed E-state index contributed by atoms with van der Waals surface area (Å²) in [6.45, 7) is 10.5. The fraction of sp³-hybridized carbons (Fsp3) is 0.607. The largest absolute Gasteiger partial charge is 0.444 e. The fourth-order valence-corrected chi connectivity index (χ4v) is 6.24. The van der Waals surface area contributed by atoms with E-state index in [4.69, 9.17) is 4.74 Å². The minimum absolute atomic E-state index is 0.00385. The van der Waals surface area contributed by atoms with E-state index in [1.807, 2.05) is 47.9 Å². The van der Waals surface area contributed by atoms with Gasteiger partial charge in [-0.15, -0.1) is 10.2 Å². The number of carbonyl (C=O) groups excluding carboxylic acids is 3. The number of alkyl carbamates (subject to hydrolysis) is 1. The summed E-state index contributed by atoms with van der Waals surface area (Å²) in [6, 6.07) is 7.95. The van der Waals surface area contributed by atoms with Gasteiger partial charge in [0.1, 0.15) is 17.7 Å². The highest BCUT2D eigenvalue weighted by molar-refractivity contribution is 5.88. The third-order valence-electron chi connectivity index (χ3n) is 8.08. The van der Waals surface area contributed by atoms with Crippen molar-refractivity contribution in [1.82, 2.24) is 40.6 Å². The van der Waals surface area contributed by atoms with Crippen molar-refractivity contribution in [2.24, 2.45) is 5.92 Å². The van der Waals surface area contributed by atoms with Gasteiger partial charge in [-0.1, -0.05) is 31.2 Å². The van der Waals surface area contributed by atoms with Gasteiger partial charge in [0, 0.05) is 31.2 Å². The third-order valence-corrected chi connectivity index (χ3v) is 8.08. The number of hydrogen-bond acceptors (Lipinski definition) is 9. The zero-order valence-electron chi connectivity index (χ0n) is 24.1. The molecule has 3 aliphatic rings. The van der Waals surface area contributed by atoms with Gasteiger partial charge in [-0.05, 0) is 57.2 Å². The molecule has 3 saturated heterocycles. The Labute approximate surface area is 239 Å². The maximum Gasteiger partial charge on any atom is 0.408 e. The highest BCUT2D eigenvalue weighted by atomic mass is 16.6. The third kappa shape index (κ3) is 5.88. The topological polar surface area (TPSA) is 160 Å². The van der Waals surface area contributed by atoms with E-state index in [1.165, 1.54) is 0 Å². The molecule has 13 heteroatoms. The first-order chi connectivity index (χ1) is 19.4. The van der Waals surface area contributed by atoms with Crippen LogP contribution in [0.5, 0.6) is 0 Å². The average Bonchev–Trinajstić information content (AvgIpc) is 3.71. The number of benzene rings is 1. The van der Waals surface area contributed by atoms with Gasteiger partial charge in [0.2, 0.25) is 17.6 Å². The zero-order chi connectivity index (χ0) is 29.5. The van der Waals surface area contributed by atoms with Crippen LogP contribution in [-0.2, 0) is 14.3 Å². The maximum atomic E-state index is 13.7. The van der Waals surface area contributed by atoms with E-state index in [1.54, 1.807) is 25.7 Å². The molecule has 41 heavy (non-hydrogen) atoms. The highest BCUT2D eigenvalue weighted by Crippen LogP contribution is 2.38. The zero-order valence-corrected chi connectivity index (χ0v) is 24.1. The number of H-pyrrole nitrogens is 1. The van der Waals surface area contributed by atoms with Crippen molar-refractivity contribution >= 4 is 17.9 Å². The lowest BCUT2D eigenvalue weighted by molar-refractivity contribution is -0.141. The number of aromatic nitrogens is 4. The fourth-order valence-electron chi connectivity index (χ4n) is 6.24. The molecule has 218 valence electrons. The van der Waals surface area contributed by atoms with Gasteiger partial charge < -0.3 is 19.9 Å². The average molecular weight is 564 g/mol. The summed E-state index contributed by atoms with van der Waals surface area (Å²) < 4.78 is 5.44. The Morgan fingerprint density at radius 3 is 2.56 bits per heavy atom. The molecule has 0 aliphatic carbocycles. The Morgan fingerprint density at radius 2 is 1.95 bits per heavy atom. The maximum absolute atomic E-state index is 13.7. The van der Waals surface area contributed by atoms with Crippen LogP contribution < -0.4 is 5.32 Å². The quantitative estimate of drug-likeness (QED) is 0.512. The number of amides is 3. The van der Waals surface area contributed by atoms with E-state index in [0.717, 1.165) is 11.1 Å². The summed E-state index contributed by atoms with van der Waals surface area (Å²) >= 11 is 0. The van der Waals surface area contributed by atoms with Gasteiger partial charge in [-0.25, -0.2) is 4.79 Å². The van der Waals surface area contributed by atoms with Gasteiger partial charge in [0.05, 0.1) is 18.2 Å². The molecule has 5 rings (SSSR count). The number of nitriles is 1. The van der Waals surface area contributed by atoms with Gasteiger partial charge in [0.15, 0.2) is 0 Å². The van der Waals surface area contributed by atoms with E-state index in [0.29, 0.717) is 31.8 Å². The van der Waals surface area contributed by atoms with Gasteiger partial charge in [-0.2, -0.15) is 10.5 Å². The summed E-state index contributed by atoms with van der Waals surface area (Å²) in [5.74, 6) is 0.370. The number of nitrogens with one attached hydrogen (secondary N) is 2. The number of nitrogens with zero attached hydrogens (tertiary/aromatic N) is 7. The van der Waals surface area contributed by atoms with Gasteiger partial charge >= 0.3 is 6.09 Å². The van der Waals surface area contributed by atoms with Crippen molar-refractivity contribution in [2.75, 3.05) is 19.6 Å². The monoisotopic (exact) mass is 563 g/mol. The molecule has 4 heterocycles. The Bertz CT molecular complexity index is 1320. The number of aromatic amines is 1. The van der Waals surface area contributed by atoms with Gasteiger partial charge in [0.25, 0.3) is 0 Å². The van der Waals surface area contributed by atoms with Crippen molar-refractivity contribution in [1.29, 1.82) is 5.26 Å². The molecule has 0 radical (unpaired) electrons. The molecule has 3 amide bonds. The number of rotatable bonds is 7. The first-order valence-corrected chi connectivity index (χ1v) is 14.0. The van der Waals surface area contributed by atoms with E-state index in [2.05, 4.69) is 32.0 Å². The number of hydrogen-bond donors (Lipinski definition) is 2. The number of piperazine rings is 1. The minimum atomic E-state index is -0.943. The van der Waals surface area contributed by atoms with Crippen molar-refractivity contribution in [3.8, 4) is 17.5 Å². The minimum Gasteiger partial charge on any atom is -0.444 e. The van der Waals surface area contributed by atoms with Crippen LogP contribution in [0, 0.1) is 17.2 Å². The Hall–Kier alpha value is -4.05. The molecule has 6 atom stereocenters. The molecule has 1 aromatic heterocycles. The SMILES string of the molecule is CC1CC(C#N)N(C(=O)C(CN2C[C@@H]3CC2C(=O)N3[C@@H](C)c2ccc(-c3nn[nH]n3)cc2)NC(=O)OC(C)(C)C)C1. The summed E-state index contributed by atoms with van der Waals surface area (Å²) in [4.78, 5) is 45.5. The van der Waals surface area contributed by atoms with E-state index in [-0.39, 0.29) is 42.4 Å². The van der Waals surface area contributed by atoms with Crippen molar-refractivity contribution < 1.29 is 19.1 Å². The lowest BCUT2D eigenvalue weighted by Gasteiger charge is -2.39. The van der Waals surface area contributed by atoms with Crippen LogP contribution in [0.2, 0.25) is 0 Å². The molecular formula is C28H37N9O4. The van der Waals surface area contributed by atoms with Crippen molar-refractivity contribution in [2.45, 2.75) is 83.3 Å². The van der Waals surface area contributed by atoms with Crippen LogP contribution in [0.15, 0.2) is 24.3 Å². The number of likely N-dealkylation sites (tertiary alicyclic amines) is 3. The molecule has 3 fully saturated rings. The number of ether oxygens (including phenoxy) is 1. The molecule has 0 spiro atoms. The molecule has 1 aromatic carbocycles. The smallest absolute Gasteiger partial charge is 0.408 e. The molecule has 0 saturated carbocycles. The van der Waals surface area contributed by atoms with Crippen LogP contribution in [0.25, 0.3) is 11.4 Å². The number of tetrazole rings is 1. The van der Waals surface area contributed by atoms with Crippen LogP contribution in [-0.4, -0.2) is 103 Å². The second-order valence-electron chi connectivity index (χ2n) is 12.3. The normalized spacial score (nSPS) is 25.7. The van der Waals surface area contributed by atoms with Crippen molar-refractivity contribution in [3.05, 3.63) is 29.8 Å². The van der Waals surface area contributed by atoms with Crippen LogP contribution >= 0.6 is 0 Å². The Balaban J connectivity index is 1.28. The Kier molecular flexibility index (Phi) is 7.70. The number of carbonyl (C=O) groups is 3. The molecule has 3 aliphatic heterocycles. The standard InChI is InChI=1S/C28H37N9O4/c1-16-10-20(12-29)36(13-16)25(38)22(30-27(40)41-28(3,4)5)15-35-14-21-11-23(35)26(39)37(21)17(2)18-6-8-19(9-7-18)24-31-33-34-32-24/h6-9,16-17,20-23H,10-11,13-15H2,1-5H3,(H,30,40)(H,31,32,33,34)/t16?,17-,20?,21-,22?,23?/m0/s1. The molecule has 2 bridgehead atoms. The van der Waals surface area contributed by atoms with Gasteiger partial charge in [-0.3, -0.25) is 14.5 Å². The Morgan fingerprint density at radius 1 is 1.22 bits per heavy atom. The van der Waals surface area contributed by atoms with E-state index >= 15 is 0 Å². The second-order valence-corrected chi connectivity index (χ2v) is 12.3. The molecule has 2 aromatic rings. The lowest BCUT2D eigenvalue weighted by Crippen LogP contribution is -2.59. The summed E-state index contributed by atoms with van der Waals surface area (Å²) in [6.07, 6.45) is 0.544. The summed E-state index contributed by atoms with van der Waals surface area (Å²) in [7, 11) is 0. The molecule has 4 unspecified atom stereocenters. The summed E-state index contributed by atoms with van der Waals surface area (Å²) in [5, 5.41) is 26.4. The first-order valence-electron chi connectivity index (χ1n) is 14.0. The van der Waals surface area contributed by atoms with Crippen LogP contribution in [0.4, 0.5) is 4.79 Å².